The standard InChI is InChI=1S/C64H40N2O2/c1-2-19-47-42(15-1)16-12-23-48(47)44-18-11-17-43(39-44)41-33-36-46(37-34-41)65(57-28-7-4-21-50(57)53-25-13-26-54-51-22-5-9-30-60(51)68-64(53)54)56-27-6-3-20-49(56)45-35-38-58-55(40-45)52-24-14-32-62-63(52)66(58)59-29-8-10-31-61(59)67-62/h1-40H. The number of rotatable bonds is 7. The number of furan rings is 1. The molecule has 14 rings (SSSR count). The summed E-state index contributed by atoms with van der Waals surface area (Å²) in [5, 5.41) is 7.03. The maximum Gasteiger partial charge on any atom is 0.152 e. The summed E-state index contributed by atoms with van der Waals surface area (Å²) in [6.07, 6.45) is 0. The topological polar surface area (TPSA) is 30.5 Å². The van der Waals surface area contributed by atoms with Gasteiger partial charge < -0.3 is 18.6 Å². The van der Waals surface area contributed by atoms with Crippen LogP contribution in [0.15, 0.2) is 247 Å². The maximum atomic E-state index is 6.70. The Morgan fingerprint density at radius 3 is 1.87 bits per heavy atom. The monoisotopic (exact) mass is 868 g/mol. The first-order valence-corrected chi connectivity index (χ1v) is 23.2. The molecule has 0 saturated carbocycles. The molecule has 13 aromatic rings. The van der Waals surface area contributed by atoms with Crippen LogP contribution in [0, 0.1) is 0 Å². The van der Waals surface area contributed by atoms with E-state index in [0.29, 0.717) is 0 Å². The van der Waals surface area contributed by atoms with Crippen LogP contribution >= 0.6 is 0 Å². The van der Waals surface area contributed by atoms with Crippen LogP contribution in [0.1, 0.15) is 0 Å². The van der Waals surface area contributed by atoms with Crippen LogP contribution in [-0.4, -0.2) is 4.57 Å². The summed E-state index contributed by atoms with van der Waals surface area (Å²) < 4.78 is 15.5. The molecule has 318 valence electrons. The van der Waals surface area contributed by atoms with Gasteiger partial charge in [0.15, 0.2) is 11.5 Å². The molecule has 0 unspecified atom stereocenters. The fraction of sp³-hybridized carbons (Fsp3) is 0. The van der Waals surface area contributed by atoms with Crippen molar-refractivity contribution in [2.45, 2.75) is 0 Å². The van der Waals surface area contributed by atoms with Crippen LogP contribution < -0.4 is 9.64 Å². The molecule has 0 fully saturated rings. The summed E-state index contributed by atoms with van der Waals surface area (Å²) in [4.78, 5) is 2.42. The van der Waals surface area contributed by atoms with E-state index in [9.17, 15) is 0 Å². The fourth-order valence-corrected chi connectivity index (χ4v) is 10.7. The number of ether oxygens (including phenoxy) is 1. The third-order valence-corrected chi connectivity index (χ3v) is 13.8. The molecule has 68 heavy (non-hydrogen) atoms. The van der Waals surface area contributed by atoms with Gasteiger partial charge in [0.05, 0.1) is 28.1 Å². The molecule has 0 saturated heterocycles. The summed E-state index contributed by atoms with van der Waals surface area (Å²) in [5.74, 6) is 1.72. The minimum atomic E-state index is 0.857. The van der Waals surface area contributed by atoms with Crippen molar-refractivity contribution in [2.24, 2.45) is 0 Å². The average molecular weight is 869 g/mol. The Morgan fingerprint density at radius 2 is 0.956 bits per heavy atom. The normalized spacial score (nSPS) is 11.9. The Balaban J connectivity index is 0.950. The number of hydrogen-bond acceptors (Lipinski definition) is 3. The second-order valence-electron chi connectivity index (χ2n) is 17.6. The second-order valence-corrected chi connectivity index (χ2v) is 17.6. The van der Waals surface area contributed by atoms with Crippen molar-refractivity contribution in [2.75, 3.05) is 4.90 Å². The van der Waals surface area contributed by atoms with E-state index in [0.717, 1.165) is 100 Å². The van der Waals surface area contributed by atoms with Crippen LogP contribution in [-0.2, 0) is 0 Å². The molecule has 0 amide bonds. The predicted molar refractivity (Wildman–Crippen MR) is 282 cm³/mol. The number of anilines is 3. The van der Waals surface area contributed by atoms with E-state index in [1.807, 2.05) is 18.2 Å². The van der Waals surface area contributed by atoms with Gasteiger partial charge in [0, 0.05) is 43.9 Å². The predicted octanol–water partition coefficient (Wildman–Crippen LogP) is 18.1. The summed E-state index contributed by atoms with van der Waals surface area (Å²) in [5.41, 5.74) is 17.3. The lowest BCUT2D eigenvalue weighted by Crippen LogP contribution is -2.12. The number of benzene rings is 11. The van der Waals surface area contributed by atoms with Crippen molar-refractivity contribution in [1.29, 1.82) is 0 Å². The van der Waals surface area contributed by atoms with Crippen molar-refractivity contribution < 1.29 is 9.15 Å². The number of nitrogens with zero attached hydrogens (tertiary/aromatic N) is 2. The molecule has 0 bridgehead atoms. The first-order chi connectivity index (χ1) is 33.7. The highest BCUT2D eigenvalue weighted by atomic mass is 16.5. The molecule has 4 nitrogen and oxygen atoms in total. The minimum Gasteiger partial charge on any atom is -0.455 e. The van der Waals surface area contributed by atoms with Crippen molar-refractivity contribution in [1.82, 2.24) is 4.57 Å². The highest BCUT2D eigenvalue weighted by Gasteiger charge is 2.26. The summed E-state index contributed by atoms with van der Waals surface area (Å²) >= 11 is 0. The Hall–Kier alpha value is -9.12. The number of para-hydroxylation sites is 7. The highest BCUT2D eigenvalue weighted by Crippen LogP contribution is 2.49. The Kier molecular flexibility index (Phi) is 8.55. The Bertz CT molecular complexity index is 4130. The molecule has 1 aliphatic rings. The third-order valence-electron chi connectivity index (χ3n) is 13.8. The molecule has 0 aliphatic carbocycles. The lowest BCUT2D eigenvalue weighted by atomic mass is 9.95. The van der Waals surface area contributed by atoms with Gasteiger partial charge in [-0.15, -0.1) is 0 Å². The zero-order chi connectivity index (χ0) is 44.7. The molecular weight excluding hydrogens is 829 g/mol. The average Bonchev–Trinajstić information content (AvgIpc) is 3.96. The third kappa shape index (κ3) is 5.94. The molecule has 1 aliphatic heterocycles. The second kappa shape index (κ2) is 15.2. The van der Waals surface area contributed by atoms with E-state index in [1.54, 1.807) is 0 Å². The largest absolute Gasteiger partial charge is 0.455 e. The SMILES string of the molecule is c1cc(-c2ccc(N(c3ccccc3-c3ccc4c(c3)c3cccc5c3n4-c3ccccc3O5)c3ccccc3-c3cccc4c3oc3ccccc34)cc2)cc(-c2cccc3ccccc23)c1. The Labute approximate surface area is 392 Å². The quantitative estimate of drug-likeness (QED) is 0.160. The van der Waals surface area contributed by atoms with Crippen LogP contribution in [0.3, 0.4) is 0 Å². The van der Waals surface area contributed by atoms with E-state index in [2.05, 4.69) is 234 Å². The molecule has 0 N–H and O–H groups in total. The molecule has 0 atom stereocenters. The van der Waals surface area contributed by atoms with Gasteiger partial charge in [0.25, 0.3) is 0 Å². The van der Waals surface area contributed by atoms with Gasteiger partial charge in [-0.05, 0) is 105 Å². The fourth-order valence-electron chi connectivity index (χ4n) is 10.7. The summed E-state index contributed by atoms with van der Waals surface area (Å²) in [6, 6.07) is 87.0. The molecule has 3 heterocycles. The van der Waals surface area contributed by atoms with E-state index in [-0.39, 0.29) is 0 Å². The van der Waals surface area contributed by atoms with Gasteiger partial charge in [0.1, 0.15) is 11.2 Å². The van der Waals surface area contributed by atoms with Gasteiger partial charge in [-0.2, -0.15) is 0 Å². The summed E-state index contributed by atoms with van der Waals surface area (Å²) in [6.45, 7) is 0. The lowest BCUT2D eigenvalue weighted by Gasteiger charge is -2.30. The van der Waals surface area contributed by atoms with Crippen LogP contribution in [0.2, 0.25) is 0 Å². The van der Waals surface area contributed by atoms with E-state index in [1.165, 1.54) is 32.8 Å². The molecule has 0 spiro atoms. The minimum absolute atomic E-state index is 0.857. The molecule has 2 aromatic heterocycles. The van der Waals surface area contributed by atoms with Crippen molar-refractivity contribution in [3.8, 4) is 61.7 Å². The van der Waals surface area contributed by atoms with Gasteiger partial charge in [-0.1, -0.05) is 176 Å². The van der Waals surface area contributed by atoms with Crippen LogP contribution in [0.5, 0.6) is 11.5 Å². The molecule has 0 radical (unpaired) electrons. The van der Waals surface area contributed by atoms with E-state index in [4.69, 9.17) is 9.15 Å². The smallest absolute Gasteiger partial charge is 0.152 e. The number of fused-ring (bicyclic) bond motifs is 9. The van der Waals surface area contributed by atoms with E-state index >= 15 is 0 Å². The lowest BCUT2D eigenvalue weighted by molar-refractivity contribution is 0.476. The Morgan fingerprint density at radius 1 is 0.353 bits per heavy atom. The van der Waals surface area contributed by atoms with Gasteiger partial charge in [0.2, 0.25) is 0 Å². The van der Waals surface area contributed by atoms with Crippen LogP contribution in [0.4, 0.5) is 17.1 Å². The maximum absolute atomic E-state index is 6.70. The molecule has 4 heteroatoms. The van der Waals surface area contributed by atoms with Crippen molar-refractivity contribution in [3.05, 3.63) is 243 Å². The summed E-state index contributed by atoms with van der Waals surface area (Å²) in [7, 11) is 0. The number of aromatic nitrogens is 1. The van der Waals surface area contributed by atoms with Crippen LogP contribution in [0.25, 0.3) is 105 Å². The first kappa shape index (κ1) is 38.2. The zero-order valence-corrected chi connectivity index (χ0v) is 36.8. The number of hydrogen-bond donors (Lipinski definition) is 0. The van der Waals surface area contributed by atoms with Gasteiger partial charge in [-0.3, -0.25) is 0 Å². The van der Waals surface area contributed by atoms with Gasteiger partial charge in [-0.25, -0.2) is 0 Å². The van der Waals surface area contributed by atoms with Gasteiger partial charge >= 0.3 is 0 Å². The van der Waals surface area contributed by atoms with Crippen molar-refractivity contribution >= 4 is 71.6 Å². The first-order valence-electron chi connectivity index (χ1n) is 23.2. The highest BCUT2D eigenvalue weighted by molar-refractivity contribution is 6.14. The zero-order valence-electron chi connectivity index (χ0n) is 36.8. The molecule has 11 aromatic carbocycles. The van der Waals surface area contributed by atoms with Crippen molar-refractivity contribution in [3.63, 3.8) is 0 Å². The molecular formula is C64H40N2O2. The van der Waals surface area contributed by atoms with E-state index < -0.39 is 0 Å².